The predicted molar refractivity (Wildman–Crippen MR) is 61.3 cm³/mol. The molecule has 17 heavy (non-hydrogen) atoms. The maximum atomic E-state index is 10.8. The van der Waals surface area contributed by atoms with Gasteiger partial charge in [-0.25, -0.2) is 4.79 Å². The van der Waals surface area contributed by atoms with E-state index >= 15 is 0 Å². The number of nitro benzene ring substituents is 1. The summed E-state index contributed by atoms with van der Waals surface area (Å²) in [5.41, 5.74) is 5.66. The zero-order chi connectivity index (χ0) is 13.0. The minimum absolute atomic E-state index is 0.00432. The fourth-order valence-corrected chi connectivity index (χ4v) is 1.50. The van der Waals surface area contributed by atoms with Crippen LogP contribution in [0.1, 0.15) is 25.5 Å². The molecule has 2 N–H and O–H groups in total. The molecule has 0 radical (unpaired) electrons. The number of non-ortho nitro benzene ring substituents is 1. The lowest BCUT2D eigenvalue weighted by Gasteiger charge is -2.20. The van der Waals surface area contributed by atoms with Crippen LogP contribution in [0.4, 0.5) is 10.5 Å². The van der Waals surface area contributed by atoms with Gasteiger partial charge in [-0.15, -0.1) is 0 Å². The molecule has 92 valence electrons. The molecule has 0 fully saturated rings. The molecule has 0 bridgehead atoms. The van der Waals surface area contributed by atoms with Gasteiger partial charge in [-0.1, -0.05) is 13.8 Å². The van der Waals surface area contributed by atoms with Crippen LogP contribution < -0.4 is 5.73 Å². The first-order valence-electron chi connectivity index (χ1n) is 5.12. The van der Waals surface area contributed by atoms with Crippen LogP contribution in [0.15, 0.2) is 24.3 Å². The zero-order valence-electron chi connectivity index (χ0n) is 9.62. The fraction of sp³-hybridized carbons (Fsp3) is 0.364. The third-order valence-corrected chi connectivity index (χ3v) is 2.28. The number of rotatable bonds is 4. The largest absolute Gasteiger partial charge is 0.441 e. The van der Waals surface area contributed by atoms with Crippen LogP contribution in [0, 0.1) is 16.0 Å². The molecule has 0 saturated carbocycles. The van der Waals surface area contributed by atoms with Crippen LogP contribution in [0.25, 0.3) is 0 Å². The Hall–Kier alpha value is -2.11. The van der Waals surface area contributed by atoms with Gasteiger partial charge in [0.15, 0.2) is 0 Å². The average molecular weight is 238 g/mol. The summed E-state index contributed by atoms with van der Waals surface area (Å²) in [6, 6.07) is 5.86. The second-order valence-electron chi connectivity index (χ2n) is 3.95. The van der Waals surface area contributed by atoms with Crippen molar-refractivity contribution in [2.24, 2.45) is 11.7 Å². The van der Waals surface area contributed by atoms with Crippen LogP contribution in [-0.2, 0) is 4.74 Å². The molecule has 6 heteroatoms. The van der Waals surface area contributed by atoms with E-state index in [1.54, 1.807) is 12.1 Å². The molecule has 0 saturated heterocycles. The highest BCUT2D eigenvalue weighted by Gasteiger charge is 2.20. The van der Waals surface area contributed by atoms with Crippen molar-refractivity contribution in [3.8, 4) is 0 Å². The monoisotopic (exact) mass is 238 g/mol. The molecule has 6 nitrogen and oxygen atoms in total. The maximum Gasteiger partial charge on any atom is 0.405 e. The fourth-order valence-electron chi connectivity index (χ4n) is 1.50. The highest BCUT2D eigenvalue weighted by Crippen LogP contribution is 2.27. The van der Waals surface area contributed by atoms with Crippen molar-refractivity contribution in [1.29, 1.82) is 0 Å². The lowest BCUT2D eigenvalue weighted by Crippen LogP contribution is -2.20. The third-order valence-electron chi connectivity index (χ3n) is 2.28. The summed E-state index contributed by atoms with van der Waals surface area (Å²) < 4.78 is 4.97. The predicted octanol–water partition coefficient (Wildman–Crippen LogP) is 2.39. The van der Waals surface area contributed by atoms with Gasteiger partial charge in [0.2, 0.25) is 0 Å². The number of hydrogen-bond acceptors (Lipinski definition) is 4. The van der Waals surface area contributed by atoms with Crippen molar-refractivity contribution in [3.05, 3.63) is 39.9 Å². The van der Waals surface area contributed by atoms with Gasteiger partial charge in [-0.3, -0.25) is 10.1 Å². The van der Waals surface area contributed by atoms with Gasteiger partial charge in [0.05, 0.1) is 4.92 Å². The Kier molecular flexibility index (Phi) is 4.03. The summed E-state index contributed by atoms with van der Waals surface area (Å²) >= 11 is 0. The lowest BCUT2D eigenvalue weighted by molar-refractivity contribution is -0.384. The molecular weight excluding hydrogens is 224 g/mol. The summed E-state index contributed by atoms with van der Waals surface area (Å²) in [7, 11) is 0. The number of nitro groups is 1. The van der Waals surface area contributed by atoms with E-state index in [-0.39, 0.29) is 11.6 Å². The minimum atomic E-state index is -0.859. The third kappa shape index (κ3) is 3.44. The highest BCUT2D eigenvalue weighted by molar-refractivity contribution is 5.65. The van der Waals surface area contributed by atoms with Gasteiger partial charge < -0.3 is 10.5 Å². The van der Waals surface area contributed by atoms with Crippen molar-refractivity contribution in [1.82, 2.24) is 0 Å². The Labute approximate surface area is 98.5 Å². The van der Waals surface area contributed by atoms with E-state index in [1.807, 2.05) is 13.8 Å². The number of benzene rings is 1. The Bertz CT molecular complexity index is 414. The second kappa shape index (κ2) is 5.29. The summed E-state index contributed by atoms with van der Waals surface area (Å²) in [4.78, 5) is 20.8. The Morgan fingerprint density at radius 3 is 2.24 bits per heavy atom. The van der Waals surface area contributed by atoms with Gasteiger partial charge in [0.25, 0.3) is 5.69 Å². The molecule has 1 aromatic carbocycles. The molecule has 0 aliphatic rings. The van der Waals surface area contributed by atoms with Crippen molar-refractivity contribution in [2.75, 3.05) is 0 Å². The summed E-state index contributed by atoms with van der Waals surface area (Å²) in [6.45, 7) is 3.74. The number of carbonyl (C=O) groups is 1. The van der Waals surface area contributed by atoms with Crippen LogP contribution >= 0.6 is 0 Å². The van der Waals surface area contributed by atoms with E-state index in [9.17, 15) is 14.9 Å². The Balaban J connectivity index is 2.95. The number of ether oxygens (including phenoxy) is 1. The van der Waals surface area contributed by atoms with Gasteiger partial charge in [-0.05, 0) is 23.6 Å². The van der Waals surface area contributed by atoms with Crippen LogP contribution in [0.5, 0.6) is 0 Å². The van der Waals surface area contributed by atoms with Gasteiger partial charge in [-0.2, -0.15) is 0 Å². The van der Waals surface area contributed by atoms with Crippen molar-refractivity contribution in [3.63, 3.8) is 0 Å². The van der Waals surface area contributed by atoms with Gasteiger partial charge >= 0.3 is 6.09 Å². The molecular formula is C11H14N2O4. The average Bonchev–Trinajstić information content (AvgIpc) is 2.25. The SMILES string of the molecule is CC(C)C(OC(N)=O)c1ccc([N+](=O)[O-])cc1. The maximum absolute atomic E-state index is 10.8. The van der Waals surface area contributed by atoms with E-state index in [2.05, 4.69) is 0 Å². The minimum Gasteiger partial charge on any atom is -0.441 e. The number of primary amides is 1. The molecule has 1 unspecified atom stereocenters. The molecule has 1 amide bonds. The van der Waals surface area contributed by atoms with Gasteiger partial charge in [0.1, 0.15) is 6.10 Å². The smallest absolute Gasteiger partial charge is 0.405 e. The number of amides is 1. The molecule has 0 aliphatic heterocycles. The first kappa shape index (κ1) is 13.0. The zero-order valence-corrected chi connectivity index (χ0v) is 9.62. The standard InChI is InChI=1S/C11H14N2O4/c1-7(2)10(17-11(12)14)8-3-5-9(6-4-8)13(15)16/h3-7,10H,1-2H3,(H2,12,14). The number of carbonyl (C=O) groups excluding carboxylic acids is 1. The van der Waals surface area contributed by atoms with E-state index in [4.69, 9.17) is 10.5 Å². The number of hydrogen-bond donors (Lipinski definition) is 1. The molecule has 0 aromatic heterocycles. The van der Waals surface area contributed by atoms with E-state index in [1.165, 1.54) is 12.1 Å². The number of nitrogens with zero attached hydrogens (tertiary/aromatic N) is 1. The first-order valence-corrected chi connectivity index (χ1v) is 5.12. The van der Waals surface area contributed by atoms with Gasteiger partial charge in [0, 0.05) is 12.1 Å². The molecule has 0 spiro atoms. The van der Waals surface area contributed by atoms with Crippen LogP contribution in [-0.4, -0.2) is 11.0 Å². The topological polar surface area (TPSA) is 95.5 Å². The van der Waals surface area contributed by atoms with E-state index in [0.717, 1.165) is 0 Å². The molecule has 1 rings (SSSR count). The highest BCUT2D eigenvalue weighted by atomic mass is 16.6. The summed E-state index contributed by atoms with van der Waals surface area (Å²) in [5.74, 6) is 0.0314. The van der Waals surface area contributed by atoms with E-state index in [0.29, 0.717) is 5.56 Å². The van der Waals surface area contributed by atoms with Crippen molar-refractivity contribution >= 4 is 11.8 Å². The van der Waals surface area contributed by atoms with Crippen LogP contribution in [0.2, 0.25) is 0 Å². The second-order valence-corrected chi connectivity index (χ2v) is 3.95. The van der Waals surface area contributed by atoms with E-state index < -0.39 is 17.1 Å². The quantitative estimate of drug-likeness (QED) is 0.643. The normalized spacial score (nSPS) is 12.2. The van der Waals surface area contributed by atoms with Crippen molar-refractivity contribution < 1.29 is 14.5 Å². The first-order chi connectivity index (χ1) is 7.91. The van der Waals surface area contributed by atoms with Crippen LogP contribution in [0.3, 0.4) is 0 Å². The lowest BCUT2D eigenvalue weighted by atomic mass is 9.99. The molecule has 0 heterocycles. The Morgan fingerprint density at radius 2 is 1.88 bits per heavy atom. The summed E-state index contributed by atoms with van der Waals surface area (Å²) in [5, 5.41) is 10.5. The molecule has 0 aliphatic carbocycles. The number of nitrogens with two attached hydrogens (primary N) is 1. The molecule has 1 aromatic rings. The summed E-state index contributed by atoms with van der Waals surface area (Å²) in [6.07, 6.45) is -1.35. The Morgan fingerprint density at radius 1 is 1.35 bits per heavy atom. The van der Waals surface area contributed by atoms with Crippen molar-refractivity contribution in [2.45, 2.75) is 20.0 Å². The molecule has 1 atom stereocenters.